The van der Waals surface area contributed by atoms with Crippen molar-refractivity contribution in [2.45, 2.75) is 6.42 Å². The fraction of sp³-hybridized carbons (Fsp3) is 0.167. The molecule has 0 fully saturated rings. The molecule has 0 aliphatic rings. The van der Waals surface area contributed by atoms with Crippen LogP contribution in [0.4, 0.5) is 11.5 Å². The summed E-state index contributed by atoms with van der Waals surface area (Å²) in [4.78, 5) is 14.7. The lowest BCUT2D eigenvalue weighted by molar-refractivity contribution is 0.0690. The molecule has 0 aromatic carbocycles. The van der Waals surface area contributed by atoms with Crippen LogP contribution in [0.25, 0.3) is 0 Å². The highest BCUT2D eigenvalue weighted by molar-refractivity contribution is 5.86. The lowest BCUT2D eigenvalue weighted by Gasteiger charge is -2.08. The van der Waals surface area contributed by atoms with E-state index in [9.17, 15) is 4.79 Å². The second kappa shape index (κ2) is 5.22. The van der Waals surface area contributed by atoms with Gasteiger partial charge in [-0.25, -0.2) is 9.78 Å². The summed E-state index contributed by atoms with van der Waals surface area (Å²) >= 11 is 0. The minimum atomic E-state index is -1.08. The van der Waals surface area contributed by atoms with E-state index in [0.29, 0.717) is 24.5 Å². The monoisotopic (exact) mass is 247 g/mol. The number of aromatic carboxylic acids is 1. The number of nitrogen functional groups attached to an aromatic ring is 1. The van der Waals surface area contributed by atoms with Gasteiger partial charge < -0.3 is 20.6 Å². The van der Waals surface area contributed by atoms with Crippen LogP contribution >= 0.6 is 0 Å². The quantitative estimate of drug-likeness (QED) is 0.742. The van der Waals surface area contributed by atoms with Crippen molar-refractivity contribution in [2.24, 2.45) is 0 Å². The Balaban J connectivity index is 2.00. The first-order valence-electron chi connectivity index (χ1n) is 5.43. The van der Waals surface area contributed by atoms with Crippen LogP contribution in [0.15, 0.2) is 34.9 Å². The molecule has 0 saturated carbocycles. The van der Waals surface area contributed by atoms with Gasteiger partial charge in [-0.05, 0) is 24.3 Å². The number of hydrogen-bond donors (Lipinski definition) is 3. The number of nitrogens with one attached hydrogen (secondary N) is 1. The molecule has 0 radical (unpaired) electrons. The predicted molar refractivity (Wildman–Crippen MR) is 66.5 cm³/mol. The zero-order valence-corrected chi connectivity index (χ0v) is 9.59. The highest BCUT2D eigenvalue weighted by atomic mass is 16.4. The molecule has 18 heavy (non-hydrogen) atoms. The van der Waals surface area contributed by atoms with Crippen LogP contribution in [0.3, 0.4) is 0 Å². The highest BCUT2D eigenvalue weighted by Gasteiger charge is 2.08. The minimum Gasteiger partial charge on any atom is -0.477 e. The third-order valence-electron chi connectivity index (χ3n) is 2.39. The van der Waals surface area contributed by atoms with E-state index in [1.165, 1.54) is 12.1 Å². The number of carboxylic acids is 1. The fourth-order valence-electron chi connectivity index (χ4n) is 1.49. The second-order valence-corrected chi connectivity index (χ2v) is 3.70. The van der Waals surface area contributed by atoms with Gasteiger partial charge >= 0.3 is 5.97 Å². The van der Waals surface area contributed by atoms with E-state index in [-0.39, 0.29) is 5.69 Å². The summed E-state index contributed by atoms with van der Waals surface area (Å²) < 4.78 is 5.18. The van der Waals surface area contributed by atoms with Gasteiger partial charge in [-0.1, -0.05) is 0 Å². The van der Waals surface area contributed by atoms with Crippen LogP contribution in [0.2, 0.25) is 0 Å². The van der Waals surface area contributed by atoms with Gasteiger partial charge in [0.2, 0.25) is 0 Å². The molecule has 6 heteroatoms. The van der Waals surface area contributed by atoms with Gasteiger partial charge in [-0.15, -0.1) is 0 Å². The summed E-state index contributed by atoms with van der Waals surface area (Å²) in [5, 5.41) is 11.8. The number of pyridine rings is 1. The van der Waals surface area contributed by atoms with Crippen LogP contribution < -0.4 is 11.1 Å². The van der Waals surface area contributed by atoms with Gasteiger partial charge in [0.25, 0.3) is 0 Å². The van der Waals surface area contributed by atoms with Crippen molar-refractivity contribution in [3.8, 4) is 0 Å². The normalized spacial score (nSPS) is 10.2. The van der Waals surface area contributed by atoms with Gasteiger partial charge in [0, 0.05) is 13.0 Å². The first-order valence-corrected chi connectivity index (χ1v) is 5.43. The molecule has 0 atom stereocenters. The van der Waals surface area contributed by atoms with Crippen molar-refractivity contribution in [1.82, 2.24) is 4.98 Å². The molecule has 0 bridgehead atoms. The molecule has 0 aliphatic carbocycles. The zero-order chi connectivity index (χ0) is 13.0. The van der Waals surface area contributed by atoms with E-state index in [4.69, 9.17) is 15.3 Å². The molecule has 0 spiro atoms. The maximum atomic E-state index is 10.8. The average Bonchev–Trinajstić information content (AvgIpc) is 2.84. The Morgan fingerprint density at radius 2 is 2.28 bits per heavy atom. The molecule has 2 aromatic heterocycles. The summed E-state index contributed by atoms with van der Waals surface area (Å²) in [5.74, 6) is 0.140. The van der Waals surface area contributed by atoms with Gasteiger partial charge in [-0.2, -0.15) is 0 Å². The third-order valence-corrected chi connectivity index (χ3v) is 2.39. The minimum absolute atomic E-state index is 0.0373. The van der Waals surface area contributed by atoms with Gasteiger partial charge in [0.05, 0.1) is 12.0 Å². The topological polar surface area (TPSA) is 101 Å². The Bertz CT molecular complexity index is 538. The van der Waals surface area contributed by atoms with Crippen molar-refractivity contribution >= 4 is 17.5 Å². The van der Waals surface area contributed by atoms with Crippen LogP contribution in [0.1, 0.15) is 16.2 Å². The number of carbonyl (C=O) groups is 1. The van der Waals surface area contributed by atoms with E-state index < -0.39 is 5.97 Å². The summed E-state index contributed by atoms with van der Waals surface area (Å²) in [6, 6.07) is 6.57. The van der Waals surface area contributed by atoms with E-state index in [1.807, 2.05) is 12.1 Å². The Morgan fingerprint density at radius 1 is 1.44 bits per heavy atom. The number of furan rings is 1. The van der Waals surface area contributed by atoms with Crippen molar-refractivity contribution in [1.29, 1.82) is 0 Å². The molecular formula is C12H13N3O3. The summed E-state index contributed by atoms with van der Waals surface area (Å²) in [6.45, 7) is 0.563. The number of nitrogens with zero attached hydrogens (tertiary/aromatic N) is 1. The third kappa shape index (κ3) is 2.79. The maximum absolute atomic E-state index is 10.8. The van der Waals surface area contributed by atoms with Crippen LogP contribution in [-0.2, 0) is 6.42 Å². The van der Waals surface area contributed by atoms with E-state index in [0.717, 1.165) is 5.76 Å². The second-order valence-electron chi connectivity index (χ2n) is 3.70. The molecule has 2 rings (SSSR count). The standard InChI is InChI=1S/C12H13N3O3/c13-9-3-4-10(12(16)17)15-11(9)14-6-5-8-2-1-7-18-8/h1-4,7H,5-6,13H2,(H,14,15)(H,16,17). The number of nitrogens with two attached hydrogens (primary N) is 1. The summed E-state index contributed by atoms with van der Waals surface area (Å²) in [6.07, 6.45) is 2.28. The summed E-state index contributed by atoms with van der Waals surface area (Å²) in [5.41, 5.74) is 6.09. The maximum Gasteiger partial charge on any atom is 0.354 e. The first-order chi connectivity index (χ1) is 8.66. The van der Waals surface area contributed by atoms with Crippen molar-refractivity contribution < 1.29 is 14.3 Å². The Morgan fingerprint density at radius 3 is 2.94 bits per heavy atom. The SMILES string of the molecule is Nc1ccc(C(=O)O)nc1NCCc1ccco1. The molecule has 94 valence electrons. The first kappa shape index (κ1) is 12.0. The largest absolute Gasteiger partial charge is 0.477 e. The molecule has 0 aliphatic heterocycles. The Labute approximate surface area is 103 Å². The highest BCUT2D eigenvalue weighted by Crippen LogP contribution is 2.15. The van der Waals surface area contributed by atoms with E-state index in [2.05, 4.69) is 10.3 Å². The number of hydrogen-bond acceptors (Lipinski definition) is 5. The Kier molecular flexibility index (Phi) is 3.47. The van der Waals surface area contributed by atoms with Crippen LogP contribution in [0, 0.1) is 0 Å². The van der Waals surface area contributed by atoms with E-state index in [1.54, 1.807) is 6.26 Å². The van der Waals surface area contributed by atoms with Gasteiger partial charge in [0.1, 0.15) is 11.6 Å². The molecule has 2 heterocycles. The van der Waals surface area contributed by atoms with Crippen molar-refractivity contribution in [3.63, 3.8) is 0 Å². The number of carboxylic acid groups (broad SMARTS) is 1. The van der Waals surface area contributed by atoms with Crippen molar-refractivity contribution in [3.05, 3.63) is 42.0 Å². The van der Waals surface area contributed by atoms with Crippen LogP contribution in [-0.4, -0.2) is 22.6 Å². The molecule has 4 N–H and O–H groups in total. The predicted octanol–water partition coefficient (Wildman–Crippen LogP) is 1.61. The average molecular weight is 247 g/mol. The number of anilines is 2. The molecule has 0 amide bonds. The molecular weight excluding hydrogens is 234 g/mol. The number of rotatable bonds is 5. The van der Waals surface area contributed by atoms with E-state index >= 15 is 0 Å². The summed E-state index contributed by atoms with van der Waals surface area (Å²) in [7, 11) is 0. The zero-order valence-electron chi connectivity index (χ0n) is 9.59. The van der Waals surface area contributed by atoms with Crippen LogP contribution in [0.5, 0.6) is 0 Å². The van der Waals surface area contributed by atoms with Crippen molar-refractivity contribution in [2.75, 3.05) is 17.6 Å². The molecule has 2 aromatic rings. The fourth-order valence-corrected chi connectivity index (χ4v) is 1.49. The number of aromatic nitrogens is 1. The lowest BCUT2D eigenvalue weighted by Crippen LogP contribution is -2.11. The van der Waals surface area contributed by atoms with Gasteiger partial charge in [0.15, 0.2) is 5.69 Å². The molecule has 0 saturated heterocycles. The Hall–Kier alpha value is -2.50. The molecule has 6 nitrogen and oxygen atoms in total. The lowest BCUT2D eigenvalue weighted by atomic mass is 10.3. The van der Waals surface area contributed by atoms with Gasteiger partial charge in [-0.3, -0.25) is 0 Å². The smallest absolute Gasteiger partial charge is 0.354 e. The molecule has 0 unspecified atom stereocenters.